The molecule has 0 heterocycles. The van der Waals surface area contributed by atoms with Gasteiger partial charge in [-0.05, 0) is 30.7 Å². The van der Waals surface area contributed by atoms with Gasteiger partial charge in [0.05, 0.1) is 7.11 Å². The molecule has 0 aromatic heterocycles. The van der Waals surface area contributed by atoms with Gasteiger partial charge in [0.15, 0.2) is 6.10 Å². The van der Waals surface area contributed by atoms with Crippen LogP contribution in [0.2, 0.25) is 0 Å². The number of carbonyl (C=O) groups is 2. The molecule has 5 nitrogen and oxygen atoms in total. The Kier molecular flexibility index (Phi) is 6.07. The van der Waals surface area contributed by atoms with E-state index in [1.165, 1.54) is 14.0 Å². The minimum Gasteiger partial charge on any atom is -0.496 e. The molecule has 3 aromatic rings. The van der Waals surface area contributed by atoms with Gasteiger partial charge in [-0.3, -0.25) is 4.79 Å². The van der Waals surface area contributed by atoms with Gasteiger partial charge in [0.1, 0.15) is 11.3 Å². The zero-order valence-electron chi connectivity index (χ0n) is 15.7. The molecular formula is C23H21NO4. The van der Waals surface area contributed by atoms with E-state index < -0.39 is 18.0 Å². The second-order valence-electron chi connectivity index (χ2n) is 6.15. The minimum atomic E-state index is -0.971. The molecule has 0 fully saturated rings. The molecule has 142 valence electrons. The van der Waals surface area contributed by atoms with Gasteiger partial charge in [-0.1, -0.05) is 60.7 Å². The summed E-state index contributed by atoms with van der Waals surface area (Å²) in [6.07, 6.45) is -0.971. The molecule has 3 aromatic carbocycles. The molecular weight excluding hydrogens is 354 g/mol. The number of rotatable bonds is 6. The lowest BCUT2D eigenvalue weighted by Gasteiger charge is -2.16. The third-order valence-corrected chi connectivity index (χ3v) is 4.25. The van der Waals surface area contributed by atoms with E-state index in [2.05, 4.69) is 5.32 Å². The van der Waals surface area contributed by atoms with E-state index in [4.69, 9.17) is 9.47 Å². The van der Waals surface area contributed by atoms with E-state index in [1.54, 1.807) is 24.3 Å². The highest BCUT2D eigenvalue weighted by molar-refractivity contribution is 6.00. The molecule has 0 aliphatic heterocycles. The molecule has 0 bridgehead atoms. The molecule has 0 saturated heterocycles. The molecule has 0 radical (unpaired) electrons. The lowest BCUT2D eigenvalue weighted by molar-refractivity contribution is -0.123. The van der Waals surface area contributed by atoms with Crippen molar-refractivity contribution in [2.45, 2.75) is 13.0 Å². The number of carbonyl (C=O) groups excluding carboxylic acids is 2. The Bertz CT molecular complexity index is 969. The lowest BCUT2D eigenvalue weighted by Crippen LogP contribution is -2.30. The maximum Gasteiger partial charge on any atom is 0.342 e. The maximum atomic E-state index is 12.6. The monoisotopic (exact) mass is 375 g/mol. The normalized spacial score (nSPS) is 11.4. The fourth-order valence-corrected chi connectivity index (χ4v) is 2.79. The number of esters is 1. The Morgan fingerprint density at radius 3 is 2.25 bits per heavy atom. The molecule has 0 aliphatic carbocycles. The van der Waals surface area contributed by atoms with Crippen molar-refractivity contribution in [3.63, 3.8) is 0 Å². The van der Waals surface area contributed by atoms with E-state index in [9.17, 15) is 9.59 Å². The van der Waals surface area contributed by atoms with Gasteiger partial charge < -0.3 is 14.8 Å². The summed E-state index contributed by atoms with van der Waals surface area (Å²) in [7, 11) is 1.47. The fourth-order valence-electron chi connectivity index (χ4n) is 2.79. The summed E-state index contributed by atoms with van der Waals surface area (Å²) in [5, 5.41) is 2.85. The van der Waals surface area contributed by atoms with Crippen molar-refractivity contribution in [1.29, 1.82) is 0 Å². The van der Waals surface area contributed by atoms with Crippen LogP contribution in [0.3, 0.4) is 0 Å². The lowest BCUT2D eigenvalue weighted by atomic mass is 10.0. The predicted octanol–water partition coefficient (Wildman–Crippen LogP) is 4.55. The summed E-state index contributed by atoms with van der Waals surface area (Å²) in [5.74, 6) is -0.627. The van der Waals surface area contributed by atoms with Gasteiger partial charge in [-0.2, -0.15) is 0 Å². The highest BCUT2D eigenvalue weighted by Gasteiger charge is 2.22. The second kappa shape index (κ2) is 8.86. The van der Waals surface area contributed by atoms with Crippen molar-refractivity contribution < 1.29 is 19.1 Å². The van der Waals surface area contributed by atoms with Crippen LogP contribution in [-0.4, -0.2) is 25.1 Å². The number of nitrogens with one attached hydrogen (secondary N) is 1. The predicted molar refractivity (Wildman–Crippen MR) is 108 cm³/mol. The van der Waals surface area contributed by atoms with Gasteiger partial charge in [0.25, 0.3) is 5.91 Å². The van der Waals surface area contributed by atoms with E-state index in [-0.39, 0.29) is 5.56 Å². The Balaban J connectivity index is 1.73. The average molecular weight is 375 g/mol. The molecule has 1 amide bonds. The smallest absolute Gasteiger partial charge is 0.342 e. The number of anilines is 1. The zero-order chi connectivity index (χ0) is 19.9. The van der Waals surface area contributed by atoms with Crippen LogP contribution in [0.1, 0.15) is 17.3 Å². The second-order valence-corrected chi connectivity index (χ2v) is 6.15. The number of methoxy groups -OCH3 is 1. The van der Waals surface area contributed by atoms with Gasteiger partial charge in [0, 0.05) is 11.3 Å². The van der Waals surface area contributed by atoms with E-state index in [1.807, 2.05) is 54.6 Å². The summed E-state index contributed by atoms with van der Waals surface area (Å²) in [6, 6.07) is 24.0. The zero-order valence-corrected chi connectivity index (χ0v) is 15.7. The number of amides is 1. The van der Waals surface area contributed by atoms with E-state index >= 15 is 0 Å². The number of para-hydroxylation sites is 2. The third-order valence-electron chi connectivity index (χ3n) is 4.25. The molecule has 0 spiro atoms. The van der Waals surface area contributed by atoms with Gasteiger partial charge in [-0.15, -0.1) is 0 Å². The van der Waals surface area contributed by atoms with Crippen LogP contribution in [0.4, 0.5) is 5.69 Å². The molecule has 28 heavy (non-hydrogen) atoms. The minimum absolute atomic E-state index is 0.273. The van der Waals surface area contributed by atoms with Crippen LogP contribution in [0, 0.1) is 0 Å². The van der Waals surface area contributed by atoms with E-state index in [0.717, 1.165) is 11.1 Å². The van der Waals surface area contributed by atoms with Gasteiger partial charge in [0.2, 0.25) is 0 Å². The quantitative estimate of drug-likeness (QED) is 0.642. The summed E-state index contributed by atoms with van der Waals surface area (Å²) >= 11 is 0. The first-order chi connectivity index (χ1) is 13.6. The number of hydrogen-bond donors (Lipinski definition) is 1. The highest BCUT2D eigenvalue weighted by Crippen LogP contribution is 2.28. The van der Waals surface area contributed by atoms with Gasteiger partial charge in [-0.25, -0.2) is 4.79 Å². The molecule has 0 unspecified atom stereocenters. The number of hydrogen-bond acceptors (Lipinski definition) is 4. The highest BCUT2D eigenvalue weighted by atomic mass is 16.5. The Morgan fingerprint density at radius 2 is 1.50 bits per heavy atom. The first-order valence-corrected chi connectivity index (χ1v) is 8.89. The topological polar surface area (TPSA) is 64.6 Å². The summed E-state index contributed by atoms with van der Waals surface area (Å²) in [6.45, 7) is 1.54. The Morgan fingerprint density at radius 1 is 0.857 bits per heavy atom. The van der Waals surface area contributed by atoms with Gasteiger partial charge >= 0.3 is 5.97 Å². The molecule has 0 saturated carbocycles. The first-order valence-electron chi connectivity index (χ1n) is 8.89. The standard InChI is InChI=1S/C23H21NO4/c1-16(28-23(26)19-13-7-9-15-21(19)27-2)22(25)24-20-14-8-6-12-18(20)17-10-4-3-5-11-17/h3-16H,1-2H3,(H,24,25)/t16-/m1/s1. The van der Waals surface area contributed by atoms with Crippen LogP contribution in [0.5, 0.6) is 5.75 Å². The van der Waals surface area contributed by atoms with Crippen molar-refractivity contribution in [3.8, 4) is 16.9 Å². The number of ether oxygens (including phenoxy) is 2. The van der Waals surface area contributed by atoms with Crippen LogP contribution in [-0.2, 0) is 9.53 Å². The molecule has 3 rings (SSSR count). The molecule has 1 atom stereocenters. The van der Waals surface area contributed by atoms with Crippen LogP contribution in [0.25, 0.3) is 11.1 Å². The Labute approximate surface area is 163 Å². The van der Waals surface area contributed by atoms with Crippen molar-refractivity contribution in [2.75, 3.05) is 12.4 Å². The van der Waals surface area contributed by atoms with Crippen LogP contribution in [0.15, 0.2) is 78.9 Å². The summed E-state index contributed by atoms with van der Waals surface area (Å²) in [4.78, 5) is 25.0. The van der Waals surface area contributed by atoms with Crippen molar-refractivity contribution in [1.82, 2.24) is 0 Å². The number of benzene rings is 3. The Hall–Kier alpha value is -3.60. The summed E-state index contributed by atoms with van der Waals surface area (Å²) in [5.41, 5.74) is 2.80. The van der Waals surface area contributed by atoms with Crippen molar-refractivity contribution >= 4 is 17.6 Å². The SMILES string of the molecule is COc1ccccc1C(=O)O[C@H](C)C(=O)Nc1ccccc1-c1ccccc1. The largest absolute Gasteiger partial charge is 0.496 e. The molecule has 1 N–H and O–H groups in total. The molecule has 5 heteroatoms. The fraction of sp³-hybridized carbons (Fsp3) is 0.130. The maximum absolute atomic E-state index is 12.6. The molecule has 0 aliphatic rings. The van der Waals surface area contributed by atoms with Crippen molar-refractivity contribution in [2.24, 2.45) is 0 Å². The average Bonchev–Trinajstić information content (AvgIpc) is 2.74. The van der Waals surface area contributed by atoms with E-state index in [0.29, 0.717) is 11.4 Å². The summed E-state index contributed by atoms with van der Waals surface area (Å²) < 4.78 is 10.5. The van der Waals surface area contributed by atoms with Crippen LogP contribution >= 0.6 is 0 Å². The van der Waals surface area contributed by atoms with Crippen molar-refractivity contribution in [3.05, 3.63) is 84.4 Å². The first kappa shape index (κ1) is 19.2. The third kappa shape index (κ3) is 4.38. The van der Waals surface area contributed by atoms with Crippen LogP contribution < -0.4 is 10.1 Å².